The van der Waals surface area contributed by atoms with E-state index in [1.807, 2.05) is 5.37 Å². The molecule has 0 aromatic rings. The smallest absolute Gasteiger partial charge is 0.0825 e. The van der Waals surface area contributed by atoms with Crippen LogP contribution < -0.4 is 0 Å². The molecule has 0 radical (unpaired) electrons. The van der Waals surface area contributed by atoms with Crippen LogP contribution in [-0.4, -0.2) is 42.5 Å². The van der Waals surface area contributed by atoms with E-state index in [4.69, 9.17) is 12.2 Å². The molecule has 0 saturated carbocycles. The van der Waals surface area contributed by atoms with Crippen LogP contribution in [0.3, 0.4) is 0 Å². The number of hydrogen-bond donors (Lipinski definition) is 0. The fourth-order valence-corrected chi connectivity index (χ4v) is 2.12. The van der Waals surface area contributed by atoms with Gasteiger partial charge in [-0.3, -0.25) is 0 Å². The Balaban J connectivity index is 0. The molecule has 0 aliphatic heterocycles. The highest BCUT2D eigenvalue weighted by Gasteiger charge is 2.12. The fourth-order valence-electron chi connectivity index (χ4n) is 2.01. The van der Waals surface area contributed by atoms with Crippen LogP contribution >= 0.6 is 12.2 Å². The lowest BCUT2D eigenvalue weighted by molar-refractivity contribution is -0.889. The summed E-state index contributed by atoms with van der Waals surface area (Å²) in [6.45, 7) is 4.77. The van der Waals surface area contributed by atoms with Crippen LogP contribution in [0.25, 0.3) is 0 Å². The van der Waals surface area contributed by atoms with Crippen LogP contribution in [0.5, 0.6) is 0 Å². The third kappa shape index (κ3) is 13.9. The Hall–Kier alpha value is 0.01000. The van der Waals surface area contributed by atoms with Gasteiger partial charge in [-0.15, -0.1) is 0 Å². The summed E-state index contributed by atoms with van der Waals surface area (Å²) in [4.78, 5) is 0. The highest BCUT2D eigenvalue weighted by molar-refractivity contribution is 7.78. The predicted octanol–water partition coefficient (Wildman–Crippen LogP) is 4.03. The molecule has 0 fully saturated rings. The summed E-state index contributed by atoms with van der Waals surface area (Å²) < 4.78 is 1.13. The van der Waals surface area contributed by atoms with E-state index >= 15 is 0 Å². The lowest BCUT2D eigenvalue weighted by Crippen LogP contribution is -2.41. The quantitative estimate of drug-likeness (QED) is 0.319. The fraction of sp³-hybridized carbons (Fsp3) is 0.929. The highest BCUT2D eigenvalue weighted by atomic mass is 32.1. The average Bonchev–Trinajstić information content (AvgIpc) is 2.25. The summed E-state index contributed by atoms with van der Waals surface area (Å²) in [5, 5.41) is 1.87. The lowest BCUT2D eigenvalue weighted by atomic mass is 10.1. The average molecular weight is 261 g/mol. The first kappa shape index (κ1) is 19.4. The van der Waals surface area contributed by atoms with E-state index in [9.17, 15) is 0 Å². The van der Waals surface area contributed by atoms with Crippen molar-refractivity contribution < 1.29 is 9.96 Å². The molecular formula is C14H31NOS. The Bertz CT molecular complexity index is 172. The normalized spacial score (nSPS) is 11.0. The van der Waals surface area contributed by atoms with Crippen molar-refractivity contribution in [3.05, 3.63) is 0 Å². The molecule has 0 atom stereocenters. The van der Waals surface area contributed by atoms with Gasteiger partial charge in [0.2, 0.25) is 0 Å². The van der Waals surface area contributed by atoms with Crippen molar-refractivity contribution in [2.24, 2.45) is 0 Å². The zero-order valence-electron chi connectivity index (χ0n) is 12.0. The number of quaternary nitrogens is 1. The van der Waals surface area contributed by atoms with Gasteiger partial charge in [0.1, 0.15) is 0 Å². The van der Waals surface area contributed by atoms with Gasteiger partial charge in [-0.2, -0.15) is 0 Å². The molecule has 0 bridgehead atoms. The number of nitrogens with zero attached hydrogens (tertiary/aromatic N) is 1. The van der Waals surface area contributed by atoms with Gasteiger partial charge in [0, 0.05) is 6.42 Å². The second-order valence-corrected chi connectivity index (χ2v) is 5.79. The van der Waals surface area contributed by atoms with Gasteiger partial charge in [0.25, 0.3) is 0 Å². The van der Waals surface area contributed by atoms with Gasteiger partial charge < -0.3 is 9.96 Å². The molecule has 1 N–H and O–H groups in total. The van der Waals surface area contributed by atoms with E-state index in [2.05, 4.69) is 21.0 Å². The van der Waals surface area contributed by atoms with Crippen molar-refractivity contribution >= 4 is 17.6 Å². The van der Waals surface area contributed by atoms with E-state index in [-0.39, 0.29) is 5.48 Å². The number of rotatable bonds is 11. The molecule has 0 unspecified atom stereocenters. The molecule has 3 heteroatoms. The first-order valence-electron chi connectivity index (χ1n) is 6.88. The molecule has 0 aliphatic carbocycles. The minimum atomic E-state index is 0. The second kappa shape index (κ2) is 12.5. The summed E-state index contributed by atoms with van der Waals surface area (Å²) in [6, 6.07) is 0. The first-order chi connectivity index (χ1) is 7.62. The van der Waals surface area contributed by atoms with Crippen molar-refractivity contribution in [3.63, 3.8) is 0 Å². The van der Waals surface area contributed by atoms with E-state index in [0.29, 0.717) is 0 Å². The van der Waals surface area contributed by atoms with Crippen LogP contribution in [0.15, 0.2) is 0 Å². The number of thiocarbonyl (C=S) groups is 1. The molecule has 0 heterocycles. The van der Waals surface area contributed by atoms with Crippen molar-refractivity contribution in [1.29, 1.82) is 0 Å². The van der Waals surface area contributed by atoms with Gasteiger partial charge in [0.15, 0.2) is 0 Å². The zero-order chi connectivity index (χ0) is 12.3. The van der Waals surface area contributed by atoms with Crippen LogP contribution in [0.1, 0.15) is 58.3 Å². The zero-order valence-corrected chi connectivity index (χ0v) is 12.8. The second-order valence-electron chi connectivity index (χ2n) is 5.46. The van der Waals surface area contributed by atoms with Crippen molar-refractivity contribution in [3.8, 4) is 0 Å². The summed E-state index contributed by atoms with van der Waals surface area (Å²) in [5.74, 6) is 0. The van der Waals surface area contributed by atoms with Crippen LogP contribution in [0.4, 0.5) is 0 Å². The van der Waals surface area contributed by atoms with Crippen LogP contribution in [0, 0.1) is 0 Å². The Kier molecular flexibility index (Phi) is 14.2. The SMILES string of the molecule is CCCCCCCCC[N+](C)(C)CCC=S.[OH-]. The molecule has 0 aromatic heterocycles. The van der Waals surface area contributed by atoms with Crippen molar-refractivity contribution in [2.45, 2.75) is 58.3 Å². The van der Waals surface area contributed by atoms with Crippen molar-refractivity contribution in [1.82, 2.24) is 0 Å². The van der Waals surface area contributed by atoms with E-state index in [1.54, 1.807) is 0 Å². The van der Waals surface area contributed by atoms with Gasteiger partial charge in [-0.25, -0.2) is 0 Å². The third-order valence-corrected chi connectivity index (χ3v) is 3.45. The van der Waals surface area contributed by atoms with Crippen molar-refractivity contribution in [2.75, 3.05) is 27.2 Å². The molecule has 0 saturated heterocycles. The first-order valence-corrected chi connectivity index (χ1v) is 7.35. The maximum atomic E-state index is 4.88. The van der Waals surface area contributed by atoms with Gasteiger partial charge >= 0.3 is 0 Å². The molecule has 2 nitrogen and oxygen atoms in total. The Morgan fingerprint density at radius 3 is 1.94 bits per heavy atom. The summed E-state index contributed by atoms with van der Waals surface area (Å²) in [7, 11) is 4.63. The lowest BCUT2D eigenvalue weighted by Gasteiger charge is -2.29. The topological polar surface area (TPSA) is 30.0 Å². The molecule has 0 aliphatic rings. The Morgan fingerprint density at radius 2 is 1.41 bits per heavy atom. The number of hydrogen-bond acceptors (Lipinski definition) is 2. The Morgan fingerprint density at radius 1 is 0.882 bits per heavy atom. The van der Waals surface area contributed by atoms with Gasteiger partial charge in [0.05, 0.1) is 27.2 Å². The third-order valence-electron chi connectivity index (χ3n) is 3.22. The number of unbranched alkanes of at least 4 members (excludes halogenated alkanes) is 6. The minimum absolute atomic E-state index is 0. The predicted molar refractivity (Wildman–Crippen MR) is 80.0 cm³/mol. The minimum Gasteiger partial charge on any atom is -0.870 e. The summed E-state index contributed by atoms with van der Waals surface area (Å²) in [5.41, 5.74) is 0. The van der Waals surface area contributed by atoms with Crippen LogP contribution in [0.2, 0.25) is 0 Å². The molecule has 0 amide bonds. The Labute approximate surface area is 113 Å². The standard InChI is InChI=1S/C14H30NS.H2O/c1-4-5-6-7-8-9-10-12-15(2,3)13-11-14-16;/h14H,4-13H2,1-3H3;1H2/q+1;/p-1. The molecular weight excluding hydrogens is 230 g/mol. The summed E-state index contributed by atoms with van der Waals surface area (Å²) >= 11 is 4.88. The summed E-state index contributed by atoms with van der Waals surface area (Å²) in [6.07, 6.45) is 10.9. The van der Waals surface area contributed by atoms with E-state index in [0.717, 1.165) is 10.9 Å². The maximum absolute atomic E-state index is 4.88. The van der Waals surface area contributed by atoms with Gasteiger partial charge in [-0.05, 0) is 18.2 Å². The molecule has 0 aromatic carbocycles. The molecule has 0 rings (SSSR count). The largest absolute Gasteiger partial charge is 0.870 e. The van der Waals surface area contributed by atoms with Gasteiger partial charge in [-0.1, -0.05) is 51.2 Å². The molecule has 17 heavy (non-hydrogen) atoms. The highest BCUT2D eigenvalue weighted by Crippen LogP contribution is 2.09. The van der Waals surface area contributed by atoms with E-state index in [1.165, 1.54) is 58.0 Å². The maximum Gasteiger partial charge on any atom is 0.0825 e. The molecule has 0 spiro atoms. The van der Waals surface area contributed by atoms with E-state index < -0.39 is 0 Å². The molecule has 104 valence electrons. The van der Waals surface area contributed by atoms with Crippen LogP contribution in [-0.2, 0) is 0 Å². The monoisotopic (exact) mass is 261 g/mol.